The van der Waals surface area contributed by atoms with Crippen molar-refractivity contribution in [3.05, 3.63) is 100 Å². The fourth-order valence-electron chi connectivity index (χ4n) is 4.14. The van der Waals surface area contributed by atoms with Gasteiger partial charge in [0.25, 0.3) is 11.8 Å². The van der Waals surface area contributed by atoms with E-state index in [4.69, 9.17) is 11.6 Å². The molecule has 1 saturated heterocycles. The van der Waals surface area contributed by atoms with Crippen LogP contribution in [0.4, 0.5) is 15.8 Å². The molecule has 3 aromatic carbocycles. The summed E-state index contributed by atoms with van der Waals surface area (Å²) in [7, 11) is 0. The zero-order chi connectivity index (χ0) is 23.7. The maximum atomic E-state index is 13.6. The van der Waals surface area contributed by atoms with Gasteiger partial charge in [-0.25, -0.2) is 9.29 Å². The molecule has 0 atom stereocenters. The highest BCUT2D eigenvalue weighted by molar-refractivity contribution is 8.04. The number of rotatable bonds is 5. The first-order valence-electron chi connectivity index (χ1n) is 10.9. The van der Waals surface area contributed by atoms with Crippen molar-refractivity contribution in [2.75, 3.05) is 36.0 Å². The van der Waals surface area contributed by atoms with E-state index in [0.29, 0.717) is 34.4 Å². The first kappa shape index (κ1) is 22.5. The molecule has 0 unspecified atom stereocenters. The number of hydrogen-bond donors (Lipinski definition) is 0. The number of carbonyl (C=O) groups is 2. The van der Waals surface area contributed by atoms with Gasteiger partial charge in [-0.1, -0.05) is 41.6 Å². The van der Waals surface area contributed by atoms with Gasteiger partial charge in [0.05, 0.1) is 5.69 Å². The van der Waals surface area contributed by atoms with Gasteiger partial charge in [-0.2, -0.15) is 0 Å². The van der Waals surface area contributed by atoms with Gasteiger partial charge in [-0.15, -0.1) is 0 Å². The van der Waals surface area contributed by atoms with E-state index in [2.05, 4.69) is 17.0 Å². The van der Waals surface area contributed by atoms with Crippen LogP contribution in [0.2, 0.25) is 5.02 Å². The average Bonchev–Trinajstić information content (AvgIpc) is 3.11. The molecule has 34 heavy (non-hydrogen) atoms. The molecule has 2 aliphatic rings. The molecular formula is C26H21ClFN3O2S. The van der Waals surface area contributed by atoms with Crippen LogP contribution < -0.4 is 9.80 Å². The van der Waals surface area contributed by atoms with Gasteiger partial charge in [0.2, 0.25) is 0 Å². The minimum Gasteiger partial charge on any atom is -0.368 e. The zero-order valence-corrected chi connectivity index (χ0v) is 19.7. The summed E-state index contributed by atoms with van der Waals surface area (Å²) in [6, 6.07) is 22.7. The molecule has 2 heterocycles. The van der Waals surface area contributed by atoms with E-state index in [-0.39, 0.29) is 5.91 Å². The summed E-state index contributed by atoms with van der Waals surface area (Å²) < 4.78 is 13.5. The third-order valence-electron chi connectivity index (χ3n) is 5.85. The van der Waals surface area contributed by atoms with Crippen molar-refractivity contribution in [3.63, 3.8) is 0 Å². The number of carbonyl (C=O) groups excluding carboxylic acids is 2. The summed E-state index contributed by atoms with van der Waals surface area (Å²) in [6.45, 7) is 2.66. The Kier molecular flexibility index (Phi) is 6.30. The third kappa shape index (κ3) is 4.41. The monoisotopic (exact) mass is 493 g/mol. The van der Waals surface area contributed by atoms with E-state index >= 15 is 0 Å². The number of anilines is 2. The van der Waals surface area contributed by atoms with Gasteiger partial charge in [0.1, 0.15) is 16.4 Å². The van der Waals surface area contributed by atoms with E-state index in [1.54, 1.807) is 12.1 Å². The summed E-state index contributed by atoms with van der Waals surface area (Å²) in [6.07, 6.45) is 0. The molecule has 0 N–H and O–H groups in total. The Labute approximate surface area is 206 Å². The number of hydrogen-bond acceptors (Lipinski definition) is 5. The highest BCUT2D eigenvalue weighted by Gasteiger charge is 2.43. The highest BCUT2D eigenvalue weighted by Crippen LogP contribution is 2.39. The molecule has 0 bridgehead atoms. The van der Waals surface area contributed by atoms with Crippen LogP contribution in [0.15, 0.2) is 94.4 Å². The smallest absolute Gasteiger partial charge is 0.283 e. The standard InChI is InChI=1S/C26H21ClFN3O2S/c27-18-6-12-22(13-7-18)34-24-23(25(32)31(26(24)33)21-10-8-19(28)9-11-21)30-16-14-29(15-17-30)20-4-2-1-3-5-20/h1-13H,14-17H2. The van der Waals surface area contributed by atoms with Crippen LogP contribution in [0, 0.1) is 5.82 Å². The number of piperazine rings is 1. The fraction of sp³-hybridized carbons (Fsp3) is 0.154. The second-order valence-electron chi connectivity index (χ2n) is 7.97. The largest absolute Gasteiger partial charge is 0.368 e. The molecule has 5 rings (SSSR count). The lowest BCUT2D eigenvalue weighted by Gasteiger charge is -2.37. The Morgan fingerprint density at radius 3 is 1.97 bits per heavy atom. The van der Waals surface area contributed by atoms with Gasteiger partial charge in [0, 0.05) is 41.8 Å². The molecule has 1 fully saturated rings. The van der Waals surface area contributed by atoms with Gasteiger partial charge in [0.15, 0.2) is 0 Å². The maximum Gasteiger partial charge on any atom is 0.283 e. The quantitative estimate of drug-likeness (QED) is 0.458. The highest BCUT2D eigenvalue weighted by atomic mass is 35.5. The summed E-state index contributed by atoms with van der Waals surface area (Å²) in [4.78, 5) is 33.6. The Morgan fingerprint density at radius 1 is 0.706 bits per heavy atom. The van der Waals surface area contributed by atoms with Crippen LogP contribution in [0.3, 0.4) is 0 Å². The lowest BCUT2D eigenvalue weighted by Crippen LogP contribution is -2.47. The van der Waals surface area contributed by atoms with Gasteiger partial charge >= 0.3 is 0 Å². The molecule has 8 heteroatoms. The predicted octanol–water partition coefficient (Wildman–Crippen LogP) is 5.18. The number of imide groups is 1. The number of nitrogens with zero attached hydrogens (tertiary/aromatic N) is 3. The molecule has 0 aromatic heterocycles. The van der Waals surface area contributed by atoms with Crippen molar-refractivity contribution in [2.45, 2.75) is 4.90 Å². The second kappa shape index (κ2) is 9.52. The SMILES string of the molecule is O=C1C(Sc2ccc(Cl)cc2)=C(N2CCN(c3ccccc3)CC2)C(=O)N1c1ccc(F)cc1. The van der Waals surface area contributed by atoms with Crippen molar-refractivity contribution in [1.82, 2.24) is 4.90 Å². The Morgan fingerprint density at radius 2 is 1.32 bits per heavy atom. The fourth-order valence-corrected chi connectivity index (χ4v) is 5.27. The molecule has 5 nitrogen and oxygen atoms in total. The predicted molar refractivity (Wildman–Crippen MR) is 133 cm³/mol. The summed E-state index contributed by atoms with van der Waals surface area (Å²) >= 11 is 7.27. The van der Waals surface area contributed by atoms with Crippen molar-refractivity contribution < 1.29 is 14.0 Å². The molecule has 0 spiro atoms. The van der Waals surface area contributed by atoms with Crippen LogP contribution >= 0.6 is 23.4 Å². The van der Waals surface area contributed by atoms with E-state index < -0.39 is 11.7 Å². The van der Waals surface area contributed by atoms with Gasteiger partial charge in [-0.05, 0) is 60.7 Å². The number of thioether (sulfide) groups is 1. The Bertz CT molecular complexity index is 1240. The van der Waals surface area contributed by atoms with Crippen molar-refractivity contribution in [3.8, 4) is 0 Å². The van der Waals surface area contributed by atoms with E-state index in [0.717, 1.165) is 28.6 Å². The second-order valence-corrected chi connectivity index (χ2v) is 9.49. The number of para-hydroxylation sites is 1. The molecular weight excluding hydrogens is 473 g/mol. The topological polar surface area (TPSA) is 43.9 Å². The summed E-state index contributed by atoms with van der Waals surface area (Å²) in [5.41, 5.74) is 1.87. The zero-order valence-electron chi connectivity index (χ0n) is 18.2. The van der Waals surface area contributed by atoms with Crippen LogP contribution in [0.25, 0.3) is 0 Å². The third-order valence-corrected chi connectivity index (χ3v) is 7.19. The molecule has 0 saturated carbocycles. The van der Waals surface area contributed by atoms with Crippen LogP contribution in [0.1, 0.15) is 0 Å². The number of halogens is 2. The first-order valence-corrected chi connectivity index (χ1v) is 12.1. The van der Waals surface area contributed by atoms with E-state index in [1.807, 2.05) is 35.2 Å². The molecule has 172 valence electrons. The van der Waals surface area contributed by atoms with E-state index in [1.165, 1.54) is 36.0 Å². The van der Waals surface area contributed by atoms with E-state index in [9.17, 15) is 14.0 Å². The Hall–Kier alpha value is -3.29. The van der Waals surface area contributed by atoms with Crippen molar-refractivity contribution in [1.29, 1.82) is 0 Å². The van der Waals surface area contributed by atoms with Crippen molar-refractivity contribution >= 4 is 46.6 Å². The number of amides is 2. The van der Waals surface area contributed by atoms with Crippen LogP contribution in [0.5, 0.6) is 0 Å². The summed E-state index contributed by atoms with van der Waals surface area (Å²) in [5.74, 6) is -1.22. The molecule has 3 aromatic rings. The lowest BCUT2D eigenvalue weighted by molar-refractivity contribution is -0.121. The Balaban J connectivity index is 1.45. The molecule has 0 aliphatic carbocycles. The van der Waals surface area contributed by atoms with Gasteiger partial charge in [-0.3, -0.25) is 9.59 Å². The molecule has 2 aliphatic heterocycles. The van der Waals surface area contributed by atoms with Crippen molar-refractivity contribution in [2.24, 2.45) is 0 Å². The van der Waals surface area contributed by atoms with Crippen LogP contribution in [-0.2, 0) is 9.59 Å². The average molecular weight is 494 g/mol. The minimum atomic E-state index is -0.427. The normalized spacial score (nSPS) is 16.6. The minimum absolute atomic E-state index is 0.350. The first-order chi connectivity index (χ1) is 16.5. The summed E-state index contributed by atoms with van der Waals surface area (Å²) in [5, 5.41) is 0.595. The van der Waals surface area contributed by atoms with Crippen LogP contribution in [-0.4, -0.2) is 42.9 Å². The molecule has 2 amide bonds. The van der Waals surface area contributed by atoms with Gasteiger partial charge < -0.3 is 9.80 Å². The molecule has 0 radical (unpaired) electrons. The number of benzene rings is 3. The maximum absolute atomic E-state index is 13.6. The lowest BCUT2D eigenvalue weighted by atomic mass is 10.2.